The average molecular weight is 450 g/mol. The first kappa shape index (κ1) is 21.0. The van der Waals surface area contributed by atoms with E-state index in [0.717, 1.165) is 4.90 Å². The maximum atomic E-state index is 13.0. The molecule has 0 spiro atoms. The van der Waals surface area contributed by atoms with Gasteiger partial charge in [0.15, 0.2) is 0 Å². The van der Waals surface area contributed by atoms with Crippen LogP contribution in [-0.4, -0.2) is 44.1 Å². The number of halogens is 1. The van der Waals surface area contributed by atoms with Crippen LogP contribution in [0.1, 0.15) is 18.1 Å². The van der Waals surface area contributed by atoms with Crippen LogP contribution in [0.5, 0.6) is 0 Å². The molecule has 10 nitrogen and oxygen atoms in total. The topological polar surface area (TPSA) is 133 Å². The van der Waals surface area contributed by atoms with Crippen molar-refractivity contribution in [2.45, 2.75) is 12.5 Å². The Kier molecular flexibility index (Phi) is 5.34. The minimum Gasteiger partial charge on any atom is -0.323 e. The number of carbonyl (C=O) groups excluding carboxylic acids is 3. The predicted molar refractivity (Wildman–Crippen MR) is 114 cm³/mol. The number of hydrogen-bond acceptors (Lipinski definition) is 6. The summed E-state index contributed by atoms with van der Waals surface area (Å²) in [6.45, 7) is 1.05. The average Bonchev–Trinajstić information content (AvgIpc) is 3.38. The SMILES string of the molecule is C[C@@]1(c2ccc(C#N)cc2)NC(=O)N(CC(=O)Nc2cc(Cl)ccc2-n2cncn2)C1=O. The van der Waals surface area contributed by atoms with E-state index in [9.17, 15) is 14.4 Å². The summed E-state index contributed by atoms with van der Waals surface area (Å²) < 4.78 is 1.45. The molecule has 1 fully saturated rings. The normalized spacial score (nSPS) is 17.7. The number of nitriles is 1. The van der Waals surface area contributed by atoms with Gasteiger partial charge in [0.05, 0.1) is 23.0 Å². The van der Waals surface area contributed by atoms with Crippen molar-refractivity contribution in [1.82, 2.24) is 25.0 Å². The van der Waals surface area contributed by atoms with Crippen LogP contribution in [-0.2, 0) is 15.1 Å². The molecule has 0 bridgehead atoms. The zero-order chi connectivity index (χ0) is 22.9. The van der Waals surface area contributed by atoms with E-state index in [1.807, 2.05) is 6.07 Å². The highest BCUT2D eigenvalue weighted by atomic mass is 35.5. The lowest BCUT2D eigenvalue weighted by atomic mass is 9.91. The van der Waals surface area contributed by atoms with Crippen molar-refractivity contribution in [2.75, 3.05) is 11.9 Å². The van der Waals surface area contributed by atoms with Crippen molar-refractivity contribution in [3.8, 4) is 11.8 Å². The van der Waals surface area contributed by atoms with E-state index < -0.39 is 29.9 Å². The second kappa shape index (κ2) is 8.13. The fourth-order valence-electron chi connectivity index (χ4n) is 3.39. The van der Waals surface area contributed by atoms with Crippen molar-refractivity contribution >= 4 is 35.1 Å². The number of urea groups is 1. The first-order chi connectivity index (χ1) is 15.3. The monoisotopic (exact) mass is 449 g/mol. The van der Waals surface area contributed by atoms with Crippen molar-refractivity contribution in [3.05, 3.63) is 71.3 Å². The molecule has 2 heterocycles. The van der Waals surface area contributed by atoms with Crippen molar-refractivity contribution in [1.29, 1.82) is 5.26 Å². The van der Waals surface area contributed by atoms with Gasteiger partial charge in [-0.05, 0) is 42.8 Å². The minimum atomic E-state index is -1.35. The van der Waals surface area contributed by atoms with Crippen molar-refractivity contribution in [3.63, 3.8) is 0 Å². The van der Waals surface area contributed by atoms with Crippen LogP contribution in [0.2, 0.25) is 5.02 Å². The zero-order valence-electron chi connectivity index (χ0n) is 16.7. The summed E-state index contributed by atoms with van der Waals surface area (Å²) in [4.78, 5) is 43.0. The molecule has 160 valence electrons. The number of nitrogens with one attached hydrogen (secondary N) is 2. The van der Waals surface area contributed by atoms with E-state index in [2.05, 4.69) is 20.7 Å². The van der Waals surface area contributed by atoms with Gasteiger partial charge >= 0.3 is 6.03 Å². The molecule has 2 aromatic carbocycles. The number of rotatable bonds is 5. The quantitative estimate of drug-likeness (QED) is 0.573. The molecular formula is C21H16ClN7O3. The Hall–Kier alpha value is -4.23. The number of imide groups is 1. The molecular weight excluding hydrogens is 434 g/mol. The number of amides is 4. The lowest BCUT2D eigenvalue weighted by Crippen LogP contribution is -2.42. The molecule has 1 aliphatic heterocycles. The van der Waals surface area contributed by atoms with Gasteiger partial charge in [-0.25, -0.2) is 14.5 Å². The molecule has 1 atom stereocenters. The summed E-state index contributed by atoms with van der Waals surface area (Å²) in [5.74, 6) is -1.17. The number of nitrogens with zero attached hydrogens (tertiary/aromatic N) is 5. The largest absolute Gasteiger partial charge is 0.325 e. The Morgan fingerprint density at radius 1 is 1.25 bits per heavy atom. The number of benzene rings is 2. The van der Waals surface area contributed by atoms with E-state index >= 15 is 0 Å². The molecule has 1 aliphatic rings. The Balaban J connectivity index is 1.53. The Morgan fingerprint density at radius 2 is 2.00 bits per heavy atom. The second-order valence-corrected chi connectivity index (χ2v) is 7.62. The third kappa shape index (κ3) is 3.77. The molecule has 0 unspecified atom stereocenters. The van der Waals surface area contributed by atoms with Crippen LogP contribution in [0.15, 0.2) is 55.1 Å². The first-order valence-electron chi connectivity index (χ1n) is 9.41. The van der Waals surface area contributed by atoms with Gasteiger partial charge in [-0.3, -0.25) is 14.5 Å². The van der Waals surface area contributed by atoms with Crippen LogP contribution >= 0.6 is 11.6 Å². The molecule has 1 saturated heterocycles. The van der Waals surface area contributed by atoms with Crippen LogP contribution in [0.25, 0.3) is 5.69 Å². The van der Waals surface area contributed by atoms with Gasteiger partial charge in [-0.2, -0.15) is 10.4 Å². The fourth-order valence-corrected chi connectivity index (χ4v) is 3.56. The van der Waals surface area contributed by atoms with Crippen LogP contribution in [0, 0.1) is 11.3 Å². The maximum absolute atomic E-state index is 13.0. The predicted octanol–water partition coefficient (Wildman–Crippen LogP) is 2.20. The van der Waals surface area contributed by atoms with E-state index in [1.165, 1.54) is 23.4 Å². The van der Waals surface area contributed by atoms with Crippen LogP contribution in [0.3, 0.4) is 0 Å². The highest BCUT2D eigenvalue weighted by molar-refractivity contribution is 6.31. The summed E-state index contributed by atoms with van der Waals surface area (Å²) in [6.07, 6.45) is 2.80. The first-order valence-corrected chi connectivity index (χ1v) is 9.79. The van der Waals surface area contributed by atoms with Crippen LogP contribution in [0.4, 0.5) is 10.5 Å². The molecule has 4 rings (SSSR count). The molecule has 32 heavy (non-hydrogen) atoms. The van der Waals surface area contributed by atoms with Gasteiger partial charge in [0.25, 0.3) is 5.91 Å². The summed E-state index contributed by atoms with van der Waals surface area (Å²) in [5, 5.41) is 18.7. The molecule has 0 aliphatic carbocycles. The van der Waals surface area contributed by atoms with Gasteiger partial charge in [0.2, 0.25) is 5.91 Å². The molecule has 2 N–H and O–H groups in total. The van der Waals surface area contributed by atoms with Crippen LogP contribution < -0.4 is 10.6 Å². The fraction of sp³-hybridized carbons (Fsp3) is 0.143. The van der Waals surface area contributed by atoms with Gasteiger partial charge in [-0.15, -0.1) is 0 Å². The van der Waals surface area contributed by atoms with E-state index in [1.54, 1.807) is 43.3 Å². The summed E-state index contributed by atoms with van der Waals surface area (Å²) in [5.41, 5.74) is 0.429. The second-order valence-electron chi connectivity index (χ2n) is 7.19. The standard InChI is InChI=1S/C21H16ClN7O3/c1-21(14-4-2-13(9-23)3-5-14)19(31)28(20(32)27-21)10-18(30)26-16-8-15(22)6-7-17(16)29-12-24-11-25-29/h2-8,11-12H,10H2,1H3,(H,26,30)(H,27,32)/t21-/m0/s1. The Labute approximate surface area is 187 Å². The molecule has 11 heteroatoms. The Morgan fingerprint density at radius 3 is 2.66 bits per heavy atom. The third-order valence-electron chi connectivity index (χ3n) is 5.07. The molecule has 0 saturated carbocycles. The summed E-state index contributed by atoms with van der Waals surface area (Å²) in [7, 11) is 0. The maximum Gasteiger partial charge on any atom is 0.325 e. The van der Waals surface area contributed by atoms with E-state index in [4.69, 9.17) is 16.9 Å². The summed E-state index contributed by atoms with van der Waals surface area (Å²) >= 11 is 6.06. The molecule has 3 aromatic rings. The Bertz CT molecular complexity index is 1250. The van der Waals surface area contributed by atoms with Gasteiger partial charge in [0, 0.05) is 5.02 Å². The highest BCUT2D eigenvalue weighted by Gasteiger charge is 2.49. The number of aromatic nitrogens is 3. The van der Waals surface area contributed by atoms with Crippen molar-refractivity contribution in [2.24, 2.45) is 0 Å². The smallest absolute Gasteiger partial charge is 0.323 e. The molecule has 0 radical (unpaired) electrons. The summed E-state index contributed by atoms with van der Waals surface area (Å²) in [6, 6.07) is 12.4. The molecule has 1 aromatic heterocycles. The lowest BCUT2D eigenvalue weighted by molar-refractivity contribution is -0.133. The highest BCUT2D eigenvalue weighted by Crippen LogP contribution is 2.29. The minimum absolute atomic E-state index is 0.343. The third-order valence-corrected chi connectivity index (χ3v) is 5.30. The number of anilines is 1. The van der Waals surface area contributed by atoms with Crippen molar-refractivity contribution < 1.29 is 14.4 Å². The van der Waals surface area contributed by atoms with E-state index in [0.29, 0.717) is 27.5 Å². The zero-order valence-corrected chi connectivity index (χ0v) is 17.5. The lowest BCUT2D eigenvalue weighted by Gasteiger charge is -2.22. The van der Waals surface area contributed by atoms with E-state index in [-0.39, 0.29) is 0 Å². The number of hydrogen-bond donors (Lipinski definition) is 2. The molecule has 4 amide bonds. The number of carbonyl (C=O) groups is 3. The van der Waals surface area contributed by atoms with Gasteiger partial charge < -0.3 is 10.6 Å². The van der Waals surface area contributed by atoms with Gasteiger partial charge in [-0.1, -0.05) is 23.7 Å². The van der Waals surface area contributed by atoms with Gasteiger partial charge in [0.1, 0.15) is 24.7 Å².